The molecule has 3 amide bonds. The van der Waals surface area contributed by atoms with Crippen LogP contribution in [-0.2, 0) is 44.1 Å². The fourth-order valence-corrected chi connectivity index (χ4v) is 11.7. The van der Waals surface area contributed by atoms with Gasteiger partial charge in [0.25, 0.3) is 5.91 Å². The van der Waals surface area contributed by atoms with Gasteiger partial charge in [-0.15, -0.1) is 0 Å². The number of carbonyl (C=O) groups excluding carboxylic acids is 3. The average molecular weight is 729 g/mol. The van der Waals surface area contributed by atoms with Gasteiger partial charge in [-0.3, -0.25) is 19.3 Å². The average Bonchev–Trinajstić information content (AvgIpc) is 3.77. The number of carbonyl (C=O) groups is 3. The number of amides is 3. The van der Waals surface area contributed by atoms with E-state index < -0.39 is 31.5 Å². The largest absolute Gasteiger partial charge is 0.432 e. The van der Waals surface area contributed by atoms with E-state index in [0.29, 0.717) is 35.6 Å². The Morgan fingerprint density at radius 1 is 0.981 bits per heavy atom. The van der Waals surface area contributed by atoms with Crippen LogP contribution in [0.3, 0.4) is 0 Å². The fraction of sp³-hybridized carbons (Fsp3) is 0.310. The molecule has 272 valence electrons. The number of benzene rings is 4. The predicted molar refractivity (Wildman–Crippen MR) is 206 cm³/mol. The summed E-state index contributed by atoms with van der Waals surface area (Å²) in [4.78, 5) is 61.2. The highest BCUT2D eigenvalue weighted by atomic mass is 28.4. The molecule has 1 spiro atoms. The Kier molecular flexibility index (Phi) is 8.85. The molecule has 0 radical (unpaired) electrons. The first kappa shape index (κ1) is 35.0. The van der Waals surface area contributed by atoms with Crippen LogP contribution in [0.2, 0.25) is 18.6 Å². The second-order valence-electron chi connectivity index (χ2n) is 15.2. The van der Waals surface area contributed by atoms with Crippen molar-refractivity contribution in [3.05, 3.63) is 126 Å². The Morgan fingerprint density at radius 3 is 2.45 bits per heavy atom. The molecule has 1 saturated heterocycles. The van der Waals surface area contributed by atoms with Crippen molar-refractivity contribution in [2.75, 3.05) is 16.8 Å². The number of hydrogen-bond acceptors (Lipinski definition) is 6. The second kappa shape index (κ2) is 13.4. The molecule has 8 rings (SSSR count). The number of aromatic nitrogens is 1. The van der Waals surface area contributed by atoms with Gasteiger partial charge in [-0.2, -0.15) is 0 Å². The normalized spacial score (nSPS) is 23.8. The number of anilines is 3. The van der Waals surface area contributed by atoms with Gasteiger partial charge in [0.15, 0.2) is 13.9 Å². The molecule has 1 fully saturated rings. The van der Waals surface area contributed by atoms with Gasteiger partial charge in [0.2, 0.25) is 11.8 Å². The smallest absolute Gasteiger partial charge is 0.268 e. The molecule has 3 aliphatic heterocycles. The Morgan fingerprint density at radius 2 is 1.70 bits per heavy atom. The molecular weight excluding hydrogens is 685 g/mol. The van der Waals surface area contributed by atoms with Gasteiger partial charge in [-0.05, 0) is 72.6 Å². The van der Waals surface area contributed by atoms with Crippen molar-refractivity contribution in [3.63, 3.8) is 0 Å². The minimum Gasteiger partial charge on any atom is -0.432 e. The van der Waals surface area contributed by atoms with E-state index in [4.69, 9.17) is 4.74 Å². The monoisotopic (exact) mass is 728 g/mol. The Balaban J connectivity index is 1.15. The highest BCUT2D eigenvalue weighted by molar-refractivity contribution is 6.71. The zero-order valence-electron chi connectivity index (χ0n) is 30.1. The van der Waals surface area contributed by atoms with Gasteiger partial charge in [-0.25, -0.2) is 0 Å². The minimum atomic E-state index is -3.08. The summed E-state index contributed by atoms with van der Waals surface area (Å²) in [6, 6.07) is 30.2. The Bertz CT molecular complexity index is 2220. The van der Waals surface area contributed by atoms with E-state index in [1.54, 1.807) is 15.9 Å². The molecule has 4 N–H and O–H groups in total. The molecule has 0 aliphatic carbocycles. The van der Waals surface area contributed by atoms with Gasteiger partial charge in [0.1, 0.15) is 0 Å². The summed E-state index contributed by atoms with van der Waals surface area (Å²) >= 11 is 0. The number of hydrogen-bond donors (Lipinski definition) is 4. The number of para-hydroxylation sites is 2. The van der Waals surface area contributed by atoms with Crippen molar-refractivity contribution in [1.82, 2.24) is 9.88 Å². The number of aliphatic hydroxyl groups is 1. The second-order valence-corrected chi connectivity index (χ2v) is 19.2. The number of aliphatic hydroxyl groups excluding tert-OH is 1. The van der Waals surface area contributed by atoms with Gasteiger partial charge in [0, 0.05) is 52.0 Å². The minimum absolute atomic E-state index is 0.0542. The topological polar surface area (TPSA) is 135 Å². The van der Waals surface area contributed by atoms with Gasteiger partial charge in [-0.1, -0.05) is 67.6 Å². The number of H-pyrrole nitrogens is 1. The highest BCUT2D eigenvalue weighted by Gasteiger charge is 2.67. The fourth-order valence-electron chi connectivity index (χ4n) is 9.10. The van der Waals surface area contributed by atoms with Crippen LogP contribution in [0, 0.1) is 5.92 Å². The molecule has 0 saturated carbocycles. The molecule has 53 heavy (non-hydrogen) atoms. The standard InChI is InChI=1S/C42H44N4O6Si/c1-26-40(53(2,3)51)37(22-39(49)45-24-28-12-8-7-11-27(28)19-32(45)25-47)52-42(26)34-21-30(17-18-36(34)46(41(42)50)31-13-5-4-6-14-31)44-38(48)20-29-23-43-35-16-10-9-15-33(29)35/h4-18,21,23,26,32,37,40,43,47,51H,19-20,22,24-25H2,1-3H3,(H,44,48)/t26-,32+,37+,40-,42+/m1/s1. The van der Waals surface area contributed by atoms with Gasteiger partial charge in [0.05, 0.1) is 37.3 Å². The van der Waals surface area contributed by atoms with Crippen molar-refractivity contribution in [2.45, 2.75) is 69.1 Å². The van der Waals surface area contributed by atoms with E-state index >= 15 is 4.79 Å². The van der Waals surface area contributed by atoms with E-state index in [1.807, 2.05) is 117 Å². The summed E-state index contributed by atoms with van der Waals surface area (Å²) in [5.41, 5.74) is 4.35. The molecule has 4 aromatic carbocycles. The maximum atomic E-state index is 15.0. The number of nitrogens with zero attached hydrogens (tertiary/aromatic N) is 2. The van der Waals surface area contributed by atoms with Crippen LogP contribution in [0.25, 0.3) is 10.9 Å². The summed E-state index contributed by atoms with van der Waals surface area (Å²) in [6.45, 7) is 5.79. The molecular formula is C42H44N4O6Si. The number of rotatable bonds is 8. The van der Waals surface area contributed by atoms with E-state index in [9.17, 15) is 19.5 Å². The first-order valence-electron chi connectivity index (χ1n) is 18.3. The number of aromatic amines is 1. The lowest BCUT2D eigenvalue weighted by Gasteiger charge is -2.37. The number of nitrogens with one attached hydrogen (secondary N) is 2. The first-order chi connectivity index (χ1) is 25.5. The van der Waals surface area contributed by atoms with Crippen molar-refractivity contribution in [2.24, 2.45) is 5.92 Å². The van der Waals surface area contributed by atoms with Crippen LogP contribution in [0.5, 0.6) is 0 Å². The summed E-state index contributed by atoms with van der Waals surface area (Å²) in [5.74, 6) is -1.22. The number of ether oxygens (including phenoxy) is 1. The van der Waals surface area contributed by atoms with E-state index in [2.05, 4.69) is 10.3 Å². The predicted octanol–water partition coefficient (Wildman–Crippen LogP) is 6.16. The molecule has 3 aliphatic rings. The van der Waals surface area contributed by atoms with Crippen LogP contribution < -0.4 is 10.2 Å². The first-order valence-corrected chi connectivity index (χ1v) is 21.3. The zero-order valence-corrected chi connectivity index (χ0v) is 31.1. The third kappa shape index (κ3) is 5.97. The van der Waals surface area contributed by atoms with Crippen LogP contribution in [0.15, 0.2) is 103 Å². The maximum Gasteiger partial charge on any atom is 0.268 e. The highest BCUT2D eigenvalue weighted by Crippen LogP contribution is 2.61. The van der Waals surface area contributed by atoms with Crippen molar-refractivity contribution in [3.8, 4) is 0 Å². The lowest BCUT2D eigenvalue weighted by atomic mass is 9.82. The lowest BCUT2D eigenvalue weighted by Crippen LogP contribution is -2.48. The van der Waals surface area contributed by atoms with Crippen molar-refractivity contribution < 1.29 is 29.0 Å². The SMILES string of the molecule is C[C@@H]1[C@@H]([Si](C)(C)O)[C@H](CC(=O)N2Cc3ccccc3C[C@H]2CO)O[C@@]12C(=O)N(c1ccccc1)c1ccc(NC(=O)Cc3c[nH]c4ccccc34)cc12. The molecule has 11 heteroatoms. The van der Waals surface area contributed by atoms with Crippen LogP contribution in [0.4, 0.5) is 17.1 Å². The summed E-state index contributed by atoms with van der Waals surface area (Å²) < 4.78 is 7.00. The molecule has 5 aromatic rings. The molecule has 5 atom stereocenters. The maximum absolute atomic E-state index is 15.0. The third-order valence-corrected chi connectivity index (χ3v) is 14.0. The summed E-state index contributed by atoms with van der Waals surface area (Å²) in [5, 5.41) is 14.4. The lowest BCUT2D eigenvalue weighted by molar-refractivity contribution is -0.150. The van der Waals surface area contributed by atoms with Gasteiger partial charge < -0.3 is 29.8 Å². The quantitative estimate of drug-likeness (QED) is 0.142. The van der Waals surface area contributed by atoms with Gasteiger partial charge >= 0.3 is 0 Å². The van der Waals surface area contributed by atoms with Crippen molar-refractivity contribution in [1.29, 1.82) is 0 Å². The third-order valence-electron chi connectivity index (χ3n) is 11.5. The Hall–Kier alpha value is -5.07. The van der Waals surface area contributed by atoms with Crippen molar-refractivity contribution >= 4 is 54.0 Å². The summed E-state index contributed by atoms with van der Waals surface area (Å²) in [7, 11) is -3.08. The molecule has 0 bridgehead atoms. The summed E-state index contributed by atoms with van der Waals surface area (Å²) in [6.07, 6.45) is 1.72. The Labute approximate surface area is 309 Å². The van der Waals surface area contributed by atoms with E-state index in [1.165, 1.54) is 0 Å². The molecule has 0 unspecified atom stereocenters. The van der Waals surface area contributed by atoms with Crippen LogP contribution >= 0.6 is 0 Å². The molecule has 10 nitrogen and oxygen atoms in total. The van der Waals surface area contributed by atoms with Crippen LogP contribution in [-0.4, -0.2) is 64.6 Å². The van der Waals surface area contributed by atoms with E-state index in [0.717, 1.165) is 27.6 Å². The zero-order chi connectivity index (χ0) is 37.1. The van der Waals surface area contributed by atoms with E-state index in [-0.39, 0.29) is 43.2 Å². The number of fused-ring (bicyclic) bond motifs is 4. The molecule has 1 aromatic heterocycles. The molecule has 4 heterocycles. The van der Waals surface area contributed by atoms with Crippen LogP contribution in [0.1, 0.15) is 35.6 Å².